The Labute approximate surface area is 184 Å². The smallest absolute Gasteiger partial charge is 0.341 e. The third kappa shape index (κ3) is 4.65. The molecule has 3 N–H and O–H groups in total. The number of aromatic carboxylic acids is 1. The van der Waals surface area contributed by atoms with E-state index in [4.69, 9.17) is 16.3 Å². The first-order valence-electron chi connectivity index (χ1n) is 9.73. The third-order valence-electron chi connectivity index (χ3n) is 5.10. The number of rotatable bonds is 8. The number of aliphatic hydroxyl groups is 1. The minimum atomic E-state index is -1.34. The largest absolute Gasteiger partial charge is 0.479 e. The van der Waals surface area contributed by atoms with E-state index >= 15 is 0 Å². The second-order valence-corrected chi connectivity index (χ2v) is 7.91. The molecule has 9 heteroatoms. The molecular formula is C22H24ClN3O5. The van der Waals surface area contributed by atoms with Crippen molar-refractivity contribution in [1.82, 2.24) is 9.55 Å². The highest BCUT2D eigenvalue weighted by Gasteiger charge is 2.23. The van der Waals surface area contributed by atoms with Crippen LogP contribution in [-0.2, 0) is 6.54 Å². The second kappa shape index (κ2) is 9.36. The van der Waals surface area contributed by atoms with Gasteiger partial charge in [-0.15, -0.1) is 0 Å². The van der Waals surface area contributed by atoms with Gasteiger partial charge in [0.05, 0.1) is 30.8 Å². The van der Waals surface area contributed by atoms with Gasteiger partial charge in [0.25, 0.3) is 0 Å². The summed E-state index contributed by atoms with van der Waals surface area (Å²) in [6.07, 6.45) is 1.24. The molecule has 0 aliphatic heterocycles. The van der Waals surface area contributed by atoms with Crippen LogP contribution in [0.4, 0.5) is 5.69 Å². The van der Waals surface area contributed by atoms with Crippen LogP contribution in [0.15, 0.2) is 41.3 Å². The predicted molar refractivity (Wildman–Crippen MR) is 119 cm³/mol. The Morgan fingerprint density at radius 1 is 1.29 bits per heavy atom. The van der Waals surface area contributed by atoms with Crippen molar-refractivity contribution in [2.75, 3.05) is 19.0 Å². The number of anilines is 1. The zero-order valence-electron chi connectivity index (χ0n) is 17.4. The van der Waals surface area contributed by atoms with E-state index in [0.717, 1.165) is 5.56 Å². The quantitative estimate of drug-likeness (QED) is 0.485. The van der Waals surface area contributed by atoms with Gasteiger partial charge >= 0.3 is 5.97 Å². The lowest BCUT2D eigenvalue weighted by molar-refractivity contribution is 0.0694. The number of halogens is 1. The summed E-state index contributed by atoms with van der Waals surface area (Å²) in [5, 5.41) is 23.4. The van der Waals surface area contributed by atoms with E-state index in [1.807, 2.05) is 26.0 Å². The summed E-state index contributed by atoms with van der Waals surface area (Å²) >= 11 is 5.92. The molecule has 31 heavy (non-hydrogen) atoms. The molecule has 0 aliphatic rings. The number of carbonyl (C=O) groups is 1. The Morgan fingerprint density at radius 2 is 1.97 bits per heavy atom. The number of nitrogens with one attached hydrogen (secondary N) is 1. The topological polar surface area (TPSA) is 114 Å². The Kier molecular flexibility index (Phi) is 6.82. The van der Waals surface area contributed by atoms with Crippen LogP contribution in [0.1, 0.15) is 35.8 Å². The molecule has 0 unspecified atom stereocenters. The van der Waals surface area contributed by atoms with Crippen molar-refractivity contribution in [3.8, 4) is 5.88 Å². The molecule has 2 heterocycles. The summed E-state index contributed by atoms with van der Waals surface area (Å²) in [6.45, 7) is 3.96. The van der Waals surface area contributed by atoms with Crippen molar-refractivity contribution >= 4 is 34.3 Å². The lowest BCUT2D eigenvalue weighted by atomic mass is 10.0. The zero-order chi connectivity index (χ0) is 22.7. The highest BCUT2D eigenvalue weighted by molar-refractivity contribution is 6.30. The van der Waals surface area contributed by atoms with Crippen LogP contribution in [0.2, 0.25) is 5.02 Å². The number of ether oxygens (including phenoxy) is 1. The molecule has 0 bridgehead atoms. The molecule has 0 saturated carbocycles. The minimum Gasteiger partial charge on any atom is -0.479 e. The maximum atomic E-state index is 12.9. The molecule has 8 nitrogen and oxygen atoms in total. The van der Waals surface area contributed by atoms with Gasteiger partial charge in [0.2, 0.25) is 11.3 Å². The highest BCUT2D eigenvalue weighted by atomic mass is 35.5. The van der Waals surface area contributed by atoms with E-state index < -0.39 is 17.4 Å². The second-order valence-electron chi connectivity index (χ2n) is 7.47. The van der Waals surface area contributed by atoms with Crippen LogP contribution in [0, 0.1) is 5.92 Å². The molecule has 0 spiro atoms. The fourth-order valence-electron chi connectivity index (χ4n) is 3.36. The molecule has 1 aromatic carbocycles. The Bertz CT molecular complexity index is 1160. The SMILES string of the molecule is COc1nc2c(cc1NCc1ccc(Cl)cc1)c(=O)c(C(=O)O)cn2[C@H](CO)C(C)C. The molecule has 0 amide bonds. The lowest BCUT2D eigenvalue weighted by Crippen LogP contribution is -2.26. The summed E-state index contributed by atoms with van der Waals surface area (Å²) in [4.78, 5) is 29.1. The van der Waals surface area contributed by atoms with Crippen molar-refractivity contribution in [2.24, 2.45) is 5.92 Å². The van der Waals surface area contributed by atoms with Crippen LogP contribution in [0.3, 0.4) is 0 Å². The zero-order valence-corrected chi connectivity index (χ0v) is 18.2. The fourth-order valence-corrected chi connectivity index (χ4v) is 3.49. The normalized spacial score (nSPS) is 12.2. The van der Waals surface area contributed by atoms with E-state index in [-0.39, 0.29) is 35.0 Å². The van der Waals surface area contributed by atoms with Crippen LogP contribution in [0.5, 0.6) is 5.88 Å². The highest BCUT2D eigenvalue weighted by Crippen LogP contribution is 2.29. The third-order valence-corrected chi connectivity index (χ3v) is 5.36. The average Bonchev–Trinajstić information content (AvgIpc) is 2.74. The van der Waals surface area contributed by atoms with Crippen LogP contribution >= 0.6 is 11.6 Å². The number of fused-ring (bicyclic) bond motifs is 1. The molecule has 2 aromatic heterocycles. The van der Waals surface area contributed by atoms with Crippen molar-refractivity contribution in [3.63, 3.8) is 0 Å². The number of nitrogens with zero attached hydrogens (tertiary/aromatic N) is 2. The summed E-state index contributed by atoms with van der Waals surface area (Å²) < 4.78 is 6.96. The maximum absolute atomic E-state index is 12.9. The molecular weight excluding hydrogens is 422 g/mol. The molecule has 0 aliphatic carbocycles. The summed E-state index contributed by atoms with van der Waals surface area (Å²) in [6, 6.07) is 8.34. The predicted octanol–water partition coefficient (Wildman–Crippen LogP) is 3.56. The van der Waals surface area contributed by atoms with Crippen LogP contribution in [0.25, 0.3) is 11.0 Å². The summed E-state index contributed by atoms with van der Waals surface area (Å²) in [5.41, 5.74) is 0.604. The van der Waals surface area contributed by atoms with E-state index in [9.17, 15) is 19.8 Å². The van der Waals surface area contributed by atoms with Gasteiger partial charge in [-0.05, 0) is 29.7 Å². The molecule has 0 radical (unpaired) electrons. The van der Waals surface area contributed by atoms with Gasteiger partial charge in [-0.2, -0.15) is 4.98 Å². The minimum absolute atomic E-state index is 0.0344. The van der Waals surface area contributed by atoms with E-state index in [1.54, 1.807) is 12.1 Å². The van der Waals surface area contributed by atoms with Gasteiger partial charge in [0.15, 0.2) is 0 Å². The van der Waals surface area contributed by atoms with Gasteiger partial charge in [-0.25, -0.2) is 4.79 Å². The molecule has 164 valence electrons. The summed E-state index contributed by atoms with van der Waals surface area (Å²) in [5.74, 6) is -1.13. The van der Waals surface area contributed by atoms with E-state index in [1.165, 1.54) is 23.9 Å². The average molecular weight is 446 g/mol. The monoisotopic (exact) mass is 445 g/mol. The van der Waals surface area contributed by atoms with Crippen molar-refractivity contribution in [1.29, 1.82) is 0 Å². The number of aromatic nitrogens is 2. The lowest BCUT2D eigenvalue weighted by Gasteiger charge is -2.24. The van der Waals surface area contributed by atoms with Gasteiger partial charge in [-0.3, -0.25) is 4.79 Å². The molecule has 3 rings (SSSR count). The number of methoxy groups -OCH3 is 1. The standard InChI is InChI=1S/C22H24ClN3O5/c1-12(2)18(11-27)26-10-16(22(29)30)19(28)15-8-17(21(31-3)25-20(15)26)24-9-13-4-6-14(23)7-5-13/h4-8,10,12,18,24,27H,9,11H2,1-3H3,(H,29,30)/t18-/m1/s1. The van der Waals surface area contributed by atoms with Gasteiger partial charge in [-0.1, -0.05) is 37.6 Å². The molecule has 1 atom stereocenters. The first-order chi connectivity index (χ1) is 14.8. The Balaban J connectivity index is 2.17. The first kappa shape index (κ1) is 22.6. The number of carboxylic acid groups (broad SMARTS) is 1. The number of aliphatic hydroxyl groups excluding tert-OH is 1. The number of hydrogen-bond acceptors (Lipinski definition) is 6. The number of carboxylic acids is 1. The molecule has 0 saturated heterocycles. The first-order valence-corrected chi connectivity index (χ1v) is 10.1. The Morgan fingerprint density at radius 3 is 2.52 bits per heavy atom. The Hall–Kier alpha value is -3.10. The van der Waals surface area contributed by atoms with Gasteiger partial charge in [0, 0.05) is 17.8 Å². The number of benzene rings is 1. The maximum Gasteiger partial charge on any atom is 0.341 e. The van der Waals surface area contributed by atoms with Crippen molar-refractivity contribution < 1.29 is 19.7 Å². The van der Waals surface area contributed by atoms with Crippen molar-refractivity contribution in [2.45, 2.75) is 26.4 Å². The fraction of sp³-hybridized carbons (Fsp3) is 0.318. The number of pyridine rings is 2. The molecule has 3 aromatic rings. The summed E-state index contributed by atoms with van der Waals surface area (Å²) in [7, 11) is 1.46. The van der Waals surface area contributed by atoms with Crippen LogP contribution < -0.4 is 15.5 Å². The van der Waals surface area contributed by atoms with E-state index in [0.29, 0.717) is 17.3 Å². The van der Waals surface area contributed by atoms with Crippen molar-refractivity contribution in [3.05, 3.63) is 62.9 Å². The van der Waals surface area contributed by atoms with E-state index in [2.05, 4.69) is 10.3 Å². The number of hydrogen-bond donors (Lipinski definition) is 3. The van der Waals surface area contributed by atoms with Crippen LogP contribution in [-0.4, -0.2) is 39.5 Å². The van der Waals surface area contributed by atoms with Gasteiger partial charge in [0.1, 0.15) is 11.2 Å². The molecule has 0 fully saturated rings. The van der Waals surface area contributed by atoms with Gasteiger partial charge < -0.3 is 24.8 Å².